The number of carbonyl (C=O) groups is 2. The van der Waals surface area contributed by atoms with Crippen molar-refractivity contribution in [2.24, 2.45) is 10.1 Å². The van der Waals surface area contributed by atoms with E-state index in [9.17, 15) is 14.0 Å². The number of hydrogen-bond donors (Lipinski definition) is 1. The lowest BCUT2D eigenvalue weighted by Gasteiger charge is -2.20. The summed E-state index contributed by atoms with van der Waals surface area (Å²) >= 11 is 1.17. The predicted octanol–water partition coefficient (Wildman–Crippen LogP) is 4.61. The zero-order valence-electron chi connectivity index (χ0n) is 18.7. The predicted molar refractivity (Wildman–Crippen MR) is 131 cm³/mol. The second-order valence-corrected chi connectivity index (χ2v) is 9.10. The molecule has 5 rings (SSSR count). The van der Waals surface area contributed by atoms with Crippen molar-refractivity contribution in [2.45, 2.75) is 24.1 Å². The van der Waals surface area contributed by atoms with E-state index >= 15 is 0 Å². The highest BCUT2D eigenvalue weighted by Crippen LogP contribution is 2.39. The lowest BCUT2D eigenvalue weighted by molar-refractivity contribution is -0.121. The molecular weight excluding hydrogens is 471 g/mol. The summed E-state index contributed by atoms with van der Waals surface area (Å²) < 4.78 is 24.7. The van der Waals surface area contributed by atoms with Gasteiger partial charge in [0.1, 0.15) is 28.6 Å². The summed E-state index contributed by atoms with van der Waals surface area (Å²) in [6.45, 7) is 0. The number of amidine groups is 1. The van der Waals surface area contributed by atoms with Gasteiger partial charge in [-0.15, -0.1) is 0 Å². The third kappa shape index (κ3) is 4.83. The average molecular weight is 493 g/mol. The van der Waals surface area contributed by atoms with Gasteiger partial charge in [-0.25, -0.2) is 9.40 Å². The van der Waals surface area contributed by atoms with Crippen molar-refractivity contribution in [3.8, 4) is 5.75 Å². The number of ether oxygens (including phenoxy) is 1. The van der Waals surface area contributed by atoms with Crippen molar-refractivity contribution in [1.82, 2.24) is 5.01 Å². The van der Waals surface area contributed by atoms with E-state index in [4.69, 9.17) is 14.3 Å². The van der Waals surface area contributed by atoms with Gasteiger partial charge in [0.15, 0.2) is 5.17 Å². The van der Waals surface area contributed by atoms with Crippen LogP contribution in [-0.2, 0) is 9.59 Å². The van der Waals surface area contributed by atoms with Crippen LogP contribution in [0, 0.1) is 5.82 Å². The number of thioether (sulfide) groups is 1. The first-order valence-corrected chi connectivity index (χ1v) is 11.8. The summed E-state index contributed by atoms with van der Waals surface area (Å²) in [6.07, 6.45) is 1.99. The van der Waals surface area contributed by atoms with Gasteiger partial charge in [0, 0.05) is 12.8 Å². The van der Waals surface area contributed by atoms with Crippen molar-refractivity contribution >= 4 is 40.1 Å². The molecule has 0 radical (unpaired) electrons. The maximum absolute atomic E-state index is 13.9. The zero-order valence-corrected chi connectivity index (χ0v) is 19.5. The molecule has 3 heterocycles. The Morgan fingerprint density at radius 2 is 2.00 bits per heavy atom. The van der Waals surface area contributed by atoms with Crippen LogP contribution in [0.5, 0.6) is 5.75 Å². The number of rotatable bonds is 6. The first kappa shape index (κ1) is 22.9. The molecule has 2 aliphatic heterocycles. The van der Waals surface area contributed by atoms with Crippen molar-refractivity contribution in [1.29, 1.82) is 0 Å². The smallest absolute Gasteiger partial charge is 0.262 e. The fourth-order valence-corrected chi connectivity index (χ4v) is 4.95. The minimum absolute atomic E-state index is 0.0697. The van der Waals surface area contributed by atoms with E-state index in [1.165, 1.54) is 30.0 Å². The highest BCUT2D eigenvalue weighted by atomic mass is 32.2. The number of benzene rings is 2. The number of carbonyl (C=O) groups excluding carboxylic acids is 2. The molecule has 0 fully saturated rings. The van der Waals surface area contributed by atoms with E-state index in [0.29, 0.717) is 17.3 Å². The monoisotopic (exact) mass is 492 g/mol. The van der Waals surface area contributed by atoms with Crippen LogP contribution in [-0.4, -0.2) is 40.1 Å². The van der Waals surface area contributed by atoms with Crippen molar-refractivity contribution in [3.05, 3.63) is 84.1 Å². The Balaban J connectivity index is 1.33. The maximum atomic E-state index is 13.9. The Hall–Kier alpha value is -3.92. The average Bonchev–Trinajstić information content (AvgIpc) is 3.61. The van der Waals surface area contributed by atoms with E-state index in [0.717, 1.165) is 17.0 Å². The molecule has 10 heteroatoms. The van der Waals surface area contributed by atoms with Gasteiger partial charge in [-0.05, 0) is 54.1 Å². The molecule has 2 amide bonds. The quantitative estimate of drug-likeness (QED) is 0.540. The third-order valence-electron chi connectivity index (χ3n) is 5.65. The number of hydrazone groups is 1. The molecule has 2 aromatic carbocycles. The van der Waals surface area contributed by atoms with Gasteiger partial charge < -0.3 is 14.5 Å². The van der Waals surface area contributed by atoms with Gasteiger partial charge in [0.05, 0.1) is 24.8 Å². The molecule has 0 saturated carbocycles. The van der Waals surface area contributed by atoms with Crippen LogP contribution >= 0.6 is 11.8 Å². The SMILES string of the molecule is COc1ccc(C2=NN(C3=NC(=O)[C@@H](CC(=O)Nc4ccccc4F)S3)[C@@H](c3ccco3)C2)cc1. The number of aliphatic imine (C=N–C) groups is 1. The Bertz CT molecular complexity index is 1310. The van der Waals surface area contributed by atoms with Gasteiger partial charge in [-0.1, -0.05) is 23.9 Å². The summed E-state index contributed by atoms with van der Waals surface area (Å²) in [7, 11) is 1.61. The summed E-state index contributed by atoms with van der Waals surface area (Å²) in [6, 6.07) is 16.8. The molecule has 35 heavy (non-hydrogen) atoms. The number of nitrogens with one attached hydrogen (secondary N) is 1. The number of nitrogens with zero attached hydrogens (tertiary/aromatic N) is 3. The Morgan fingerprint density at radius 3 is 2.71 bits per heavy atom. The molecule has 0 unspecified atom stereocenters. The molecule has 8 nitrogen and oxygen atoms in total. The standard InChI is InChI=1S/C25H21FN4O4S/c1-33-16-10-8-15(9-11-16)19-13-20(21-7-4-12-34-21)30(29-19)25-28-24(32)22(35-25)14-23(31)27-18-6-3-2-5-17(18)26/h2-12,20,22H,13-14H2,1H3,(H,27,31)/t20-,22-/m1/s1. The fraction of sp³-hybridized carbons (Fsp3) is 0.200. The summed E-state index contributed by atoms with van der Waals surface area (Å²) in [5.41, 5.74) is 1.80. The number of methoxy groups -OCH3 is 1. The summed E-state index contributed by atoms with van der Waals surface area (Å²) in [5.74, 6) is -0.0101. The van der Waals surface area contributed by atoms with Crippen molar-refractivity contribution in [2.75, 3.05) is 12.4 Å². The minimum Gasteiger partial charge on any atom is -0.497 e. The largest absolute Gasteiger partial charge is 0.497 e. The molecule has 1 N–H and O–H groups in total. The molecule has 0 bridgehead atoms. The first-order chi connectivity index (χ1) is 17.0. The molecule has 0 aliphatic carbocycles. The second kappa shape index (κ2) is 9.75. The number of anilines is 1. The zero-order chi connectivity index (χ0) is 24.4. The molecule has 3 aromatic rings. The fourth-order valence-electron chi connectivity index (χ4n) is 3.88. The Labute approximate surface area is 204 Å². The van der Waals surface area contributed by atoms with Crippen molar-refractivity contribution < 1.29 is 23.1 Å². The third-order valence-corrected chi connectivity index (χ3v) is 6.79. The number of para-hydroxylation sites is 1. The highest BCUT2D eigenvalue weighted by Gasteiger charge is 2.40. The number of amides is 2. The first-order valence-electron chi connectivity index (χ1n) is 10.9. The highest BCUT2D eigenvalue weighted by molar-refractivity contribution is 8.15. The van der Waals surface area contributed by atoms with Gasteiger partial charge in [-0.2, -0.15) is 10.1 Å². The van der Waals surface area contributed by atoms with Gasteiger partial charge in [0.25, 0.3) is 5.91 Å². The molecule has 1 aromatic heterocycles. The van der Waals surface area contributed by atoms with E-state index in [2.05, 4.69) is 10.3 Å². The van der Waals surface area contributed by atoms with Gasteiger partial charge in [0.2, 0.25) is 5.91 Å². The van der Waals surface area contributed by atoms with Crippen molar-refractivity contribution in [3.63, 3.8) is 0 Å². The molecule has 178 valence electrons. The Morgan fingerprint density at radius 1 is 1.20 bits per heavy atom. The van der Waals surface area contributed by atoms with Crippen LogP contribution in [0.2, 0.25) is 0 Å². The molecule has 2 aliphatic rings. The van der Waals surface area contributed by atoms with Crippen LogP contribution in [0.3, 0.4) is 0 Å². The van der Waals surface area contributed by atoms with Crippen LogP contribution < -0.4 is 10.1 Å². The molecule has 0 saturated heterocycles. The number of furan rings is 1. The van der Waals surface area contributed by atoms with Gasteiger partial charge >= 0.3 is 0 Å². The number of halogens is 1. The topological polar surface area (TPSA) is 96.5 Å². The van der Waals surface area contributed by atoms with E-state index in [-0.39, 0.29) is 18.2 Å². The molecule has 0 spiro atoms. The summed E-state index contributed by atoms with van der Waals surface area (Å²) in [4.78, 5) is 29.3. The Kier molecular flexibility index (Phi) is 6.37. The molecular formula is C25H21FN4O4S. The van der Waals surface area contributed by atoms with Crippen LogP contribution in [0.4, 0.5) is 10.1 Å². The van der Waals surface area contributed by atoms with E-state index in [1.54, 1.807) is 30.5 Å². The van der Waals surface area contributed by atoms with Crippen LogP contribution in [0.25, 0.3) is 0 Å². The normalized spacial score (nSPS) is 19.5. The lowest BCUT2D eigenvalue weighted by Crippen LogP contribution is -2.25. The number of hydrogen-bond acceptors (Lipinski definition) is 7. The van der Waals surface area contributed by atoms with Crippen LogP contribution in [0.1, 0.15) is 30.2 Å². The van der Waals surface area contributed by atoms with E-state index in [1.807, 2.05) is 30.3 Å². The molecule has 2 atom stereocenters. The summed E-state index contributed by atoms with van der Waals surface area (Å²) in [5, 5.41) is 8.61. The van der Waals surface area contributed by atoms with E-state index < -0.39 is 22.9 Å². The van der Waals surface area contributed by atoms with Gasteiger partial charge in [-0.3, -0.25) is 9.59 Å². The lowest BCUT2D eigenvalue weighted by atomic mass is 10.0. The van der Waals surface area contributed by atoms with Crippen LogP contribution in [0.15, 0.2) is 81.4 Å². The minimum atomic E-state index is -0.728. The maximum Gasteiger partial charge on any atom is 0.262 e. The second-order valence-electron chi connectivity index (χ2n) is 7.93.